The Labute approximate surface area is 149 Å². The van der Waals surface area contributed by atoms with Crippen LogP contribution in [0.5, 0.6) is 5.75 Å². The number of ether oxygens (including phenoxy) is 1. The van der Waals surface area contributed by atoms with Gasteiger partial charge in [-0.25, -0.2) is 8.42 Å². The van der Waals surface area contributed by atoms with E-state index in [0.717, 1.165) is 19.3 Å². The summed E-state index contributed by atoms with van der Waals surface area (Å²) in [5.74, 6) is 0.927. The van der Waals surface area contributed by atoms with Gasteiger partial charge in [0, 0.05) is 18.1 Å². The van der Waals surface area contributed by atoms with Crippen molar-refractivity contribution in [2.75, 3.05) is 26.2 Å². The minimum atomic E-state index is -3.64. The Balaban J connectivity index is 1.84. The number of nitrogens with zero attached hydrogens (tertiary/aromatic N) is 1. The van der Waals surface area contributed by atoms with Crippen LogP contribution in [0.1, 0.15) is 32.6 Å². The van der Waals surface area contributed by atoms with Gasteiger partial charge in [-0.2, -0.15) is 4.31 Å². The van der Waals surface area contributed by atoms with Gasteiger partial charge in [0.15, 0.2) is 0 Å². The zero-order chi connectivity index (χ0) is 17.4. The molecular formula is C17H25ClN2O3S. The number of benzene rings is 1. The second-order valence-corrected chi connectivity index (χ2v) is 9.65. The van der Waals surface area contributed by atoms with Crippen LogP contribution < -0.4 is 10.5 Å². The molecule has 134 valence electrons. The minimum Gasteiger partial charge on any atom is -0.492 e. The predicted molar refractivity (Wildman–Crippen MR) is 94.8 cm³/mol. The summed E-state index contributed by atoms with van der Waals surface area (Å²) >= 11 is 6.06. The van der Waals surface area contributed by atoms with Crippen LogP contribution >= 0.6 is 11.6 Å². The first-order valence-electron chi connectivity index (χ1n) is 8.47. The largest absolute Gasteiger partial charge is 0.492 e. The standard InChI is InChI=1S/C17H25ClN2O3S/c1-17(11-19)7-8-20(12-17)24(21,22)16-9-14(18)5-6-15(16)23-10-13-3-2-4-13/h5-6,9,13H,2-4,7-8,10-12,19H2,1H3. The van der Waals surface area contributed by atoms with Gasteiger partial charge in [-0.05, 0) is 55.3 Å². The van der Waals surface area contributed by atoms with E-state index in [-0.39, 0.29) is 10.3 Å². The summed E-state index contributed by atoms with van der Waals surface area (Å²) in [7, 11) is -3.64. The fourth-order valence-corrected chi connectivity index (χ4v) is 5.14. The molecule has 1 aliphatic heterocycles. The SMILES string of the molecule is CC1(CN)CCN(S(=O)(=O)c2cc(Cl)ccc2OCC2CCC2)C1. The fourth-order valence-electron chi connectivity index (χ4n) is 3.16. The maximum Gasteiger partial charge on any atom is 0.246 e. The lowest BCUT2D eigenvalue weighted by Gasteiger charge is -2.26. The molecule has 2 N–H and O–H groups in total. The third-order valence-electron chi connectivity index (χ3n) is 5.24. The lowest BCUT2D eigenvalue weighted by molar-refractivity contribution is 0.177. The van der Waals surface area contributed by atoms with Crippen molar-refractivity contribution in [2.24, 2.45) is 17.1 Å². The molecular weight excluding hydrogens is 348 g/mol. The number of halogens is 1. The van der Waals surface area contributed by atoms with Crippen molar-refractivity contribution in [3.63, 3.8) is 0 Å². The van der Waals surface area contributed by atoms with Gasteiger partial charge >= 0.3 is 0 Å². The van der Waals surface area contributed by atoms with Gasteiger partial charge in [0.25, 0.3) is 0 Å². The molecule has 1 heterocycles. The Morgan fingerprint density at radius 2 is 2.17 bits per heavy atom. The van der Waals surface area contributed by atoms with Crippen molar-refractivity contribution in [2.45, 2.75) is 37.5 Å². The molecule has 0 aromatic heterocycles. The number of sulfonamides is 1. The molecule has 0 amide bonds. The van der Waals surface area contributed by atoms with Gasteiger partial charge < -0.3 is 10.5 Å². The maximum atomic E-state index is 13.1. The van der Waals surface area contributed by atoms with E-state index in [4.69, 9.17) is 22.1 Å². The van der Waals surface area contributed by atoms with Crippen molar-refractivity contribution < 1.29 is 13.2 Å². The van der Waals surface area contributed by atoms with Crippen molar-refractivity contribution in [3.8, 4) is 5.75 Å². The second-order valence-electron chi connectivity index (χ2n) is 7.30. The molecule has 1 aliphatic carbocycles. The lowest BCUT2D eigenvalue weighted by Crippen LogP contribution is -2.34. The van der Waals surface area contributed by atoms with E-state index in [2.05, 4.69) is 0 Å². The summed E-state index contributed by atoms with van der Waals surface area (Å²) < 4.78 is 33.5. The van der Waals surface area contributed by atoms with Crippen LogP contribution in [0.3, 0.4) is 0 Å². The minimum absolute atomic E-state index is 0.163. The Morgan fingerprint density at radius 3 is 2.75 bits per heavy atom. The van der Waals surface area contributed by atoms with Crippen LogP contribution in [0, 0.1) is 11.3 Å². The lowest BCUT2D eigenvalue weighted by atomic mass is 9.86. The maximum absolute atomic E-state index is 13.1. The van der Waals surface area contributed by atoms with E-state index < -0.39 is 10.0 Å². The van der Waals surface area contributed by atoms with Gasteiger partial charge in [-0.15, -0.1) is 0 Å². The van der Waals surface area contributed by atoms with Crippen LogP contribution in [-0.4, -0.2) is 39.0 Å². The molecule has 2 aliphatic rings. The molecule has 1 saturated carbocycles. The Hall–Kier alpha value is -0.820. The monoisotopic (exact) mass is 372 g/mol. The average molecular weight is 373 g/mol. The number of nitrogens with two attached hydrogens (primary N) is 1. The molecule has 0 bridgehead atoms. The van der Waals surface area contributed by atoms with E-state index in [1.54, 1.807) is 12.1 Å². The molecule has 1 saturated heterocycles. The Bertz CT molecular complexity index is 706. The van der Waals surface area contributed by atoms with Gasteiger partial charge in [-0.1, -0.05) is 24.9 Å². The fraction of sp³-hybridized carbons (Fsp3) is 0.647. The number of hydrogen-bond acceptors (Lipinski definition) is 4. The number of hydrogen-bond donors (Lipinski definition) is 1. The molecule has 5 nitrogen and oxygen atoms in total. The van der Waals surface area contributed by atoms with Crippen LogP contribution in [0.15, 0.2) is 23.1 Å². The third-order valence-corrected chi connectivity index (χ3v) is 7.34. The van der Waals surface area contributed by atoms with Crippen LogP contribution in [0.25, 0.3) is 0 Å². The summed E-state index contributed by atoms with van der Waals surface area (Å²) in [6.45, 7) is 3.96. The number of rotatable bonds is 6. The molecule has 24 heavy (non-hydrogen) atoms. The molecule has 1 atom stereocenters. The van der Waals surface area contributed by atoms with Crippen LogP contribution in [0.4, 0.5) is 0 Å². The van der Waals surface area contributed by atoms with Gasteiger partial charge in [0.2, 0.25) is 10.0 Å². The highest BCUT2D eigenvalue weighted by Crippen LogP contribution is 2.37. The highest BCUT2D eigenvalue weighted by molar-refractivity contribution is 7.89. The van der Waals surface area contributed by atoms with Crippen molar-refractivity contribution in [3.05, 3.63) is 23.2 Å². The summed E-state index contributed by atoms with van der Waals surface area (Å²) in [6, 6.07) is 4.82. The van der Waals surface area contributed by atoms with E-state index in [0.29, 0.717) is 42.9 Å². The van der Waals surface area contributed by atoms with Crippen LogP contribution in [0.2, 0.25) is 5.02 Å². The van der Waals surface area contributed by atoms with Gasteiger partial charge in [-0.3, -0.25) is 0 Å². The first kappa shape index (κ1) is 18.0. The summed E-state index contributed by atoms with van der Waals surface area (Å²) in [6.07, 6.45) is 4.29. The van der Waals surface area contributed by atoms with E-state index >= 15 is 0 Å². The quantitative estimate of drug-likeness (QED) is 0.833. The molecule has 2 fully saturated rings. The summed E-state index contributed by atoms with van der Waals surface area (Å²) in [5, 5.41) is 0.394. The first-order valence-corrected chi connectivity index (χ1v) is 10.3. The molecule has 1 aromatic carbocycles. The first-order chi connectivity index (χ1) is 11.3. The molecule has 7 heteroatoms. The Kier molecular flexibility index (Phi) is 5.12. The normalized spacial score (nSPS) is 25.6. The zero-order valence-corrected chi connectivity index (χ0v) is 15.6. The summed E-state index contributed by atoms with van der Waals surface area (Å²) in [4.78, 5) is 0.163. The Morgan fingerprint density at radius 1 is 1.42 bits per heavy atom. The second kappa shape index (κ2) is 6.83. The van der Waals surface area contributed by atoms with Gasteiger partial charge in [0.05, 0.1) is 6.61 Å². The summed E-state index contributed by atoms with van der Waals surface area (Å²) in [5.41, 5.74) is 5.63. The molecule has 1 aromatic rings. The molecule has 1 unspecified atom stereocenters. The molecule has 0 spiro atoms. The van der Waals surface area contributed by atoms with Crippen molar-refractivity contribution in [1.29, 1.82) is 0 Å². The molecule has 3 rings (SSSR count). The van der Waals surface area contributed by atoms with Crippen molar-refractivity contribution in [1.82, 2.24) is 4.31 Å². The smallest absolute Gasteiger partial charge is 0.246 e. The predicted octanol–water partition coefficient (Wildman–Crippen LogP) is 2.88. The van der Waals surface area contributed by atoms with E-state index in [1.165, 1.54) is 16.8 Å². The topological polar surface area (TPSA) is 72.6 Å². The highest BCUT2D eigenvalue weighted by Gasteiger charge is 2.40. The van der Waals surface area contributed by atoms with E-state index in [9.17, 15) is 8.42 Å². The average Bonchev–Trinajstić information content (AvgIpc) is 2.91. The van der Waals surface area contributed by atoms with Crippen LogP contribution in [-0.2, 0) is 10.0 Å². The molecule has 0 radical (unpaired) electrons. The van der Waals surface area contributed by atoms with E-state index in [1.807, 2.05) is 6.92 Å². The zero-order valence-electron chi connectivity index (χ0n) is 14.0. The van der Waals surface area contributed by atoms with Gasteiger partial charge in [0.1, 0.15) is 10.6 Å². The third kappa shape index (κ3) is 3.57. The highest BCUT2D eigenvalue weighted by atomic mass is 35.5. The van der Waals surface area contributed by atoms with Crippen molar-refractivity contribution >= 4 is 21.6 Å².